The maximum Gasteiger partial charge on any atom is 0.273 e. The van der Waals surface area contributed by atoms with Gasteiger partial charge in [-0.2, -0.15) is 9.78 Å². The van der Waals surface area contributed by atoms with Gasteiger partial charge in [0.1, 0.15) is 11.6 Å². The van der Waals surface area contributed by atoms with E-state index >= 15 is 0 Å². The Labute approximate surface area is 169 Å². The van der Waals surface area contributed by atoms with Crippen LogP contribution in [0.5, 0.6) is 0 Å². The van der Waals surface area contributed by atoms with E-state index in [0.29, 0.717) is 12.3 Å². The fraction of sp³-hybridized carbons (Fsp3) is 0.524. The second-order valence-corrected chi connectivity index (χ2v) is 7.28. The average molecular weight is 406 g/mol. The topological polar surface area (TPSA) is 59.4 Å². The quantitative estimate of drug-likeness (QED) is 0.649. The molecule has 1 aromatic heterocycles. The van der Waals surface area contributed by atoms with Gasteiger partial charge in [0.2, 0.25) is 0 Å². The number of hydrogen-bond donors (Lipinski definition) is 1. The summed E-state index contributed by atoms with van der Waals surface area (Å²) in [6.07, 6.45) is 6.20. The van der Waals surface area contributed by atoms with Gasteiger partial charge in [-0.3, -0.25) is 4.79 Å². The molecule has 8 heteroatoms. The van der Waals surface area contributed by atoms with Crippen LogP contribution in [0.3, 0.4) is 0 Å². The molecule has 0 saturated carbocycles. The van der Waals surface area contributed by atoms with Crippen molar-refractivity contribution in [3.63, 3.8) is 0 Å². The largest absolute Gasteiger partial charge is 0.379 e. The van der Waals surface area contributed by atoms with Gasteiger partial charge in [0.25, 0.3) is 5.56 Å². The maximum absolute atomic E-state index is 13.5. The van der Waals surface area contributed by atoms with E-state index in [9.17, 15) is 13.6 Å². The minimum atomic E-state index is -0.754. The fourth-order valence-corrected chi connectivity index (χ4v) is 3.51. The Kier molecular flexibility index (Phi) is 7.71. The summed E-state index contributed by atoms with van der Waals surface area (Å²) in [6.45, 7) is 5.76. The highest BCUT2D eigenvalue weighted by atomic mass is 19.1. The molecular weight excluding hydrogens is 378 g/mol. The number of hydrogen-bond acceptors (Lipinski definition) is 5. The number of aromatic nitrogens is 2. The molecule has 1 aliphatic rings. The summed E-state index contributed by atoms with van der Waals surface area (Å²) in [4.78, 5) is 14.7. The Hall–Kier alpha value is -2.32. The number of anilines is 1. The zero-order chi connectivity index (χ0) is 20.6. The van der Waals surface area contributed by atoms with Gasteiger partial charge in [0, 0.05) is 38.4 Å². The lowest BCUT2D eigenvalue weighted by molar-refractivity contribution is 0.111. The summed E-state index contributed by atoms with van der Waals surface area (Å²) in [5, 5.41) is 7.49. The van der Waals surface area contributed by atoms with Crippen LogP contribution in [0.15, 0.2) is 35.3 Å². The molecule has 6 nitrogen and oxygen atoms in total. The predicted molar refractivity (Wildman–Crippen MR) is 109 cm³/mol. The number of halogens is 2. The van der Waals surface area contributed by atoms with E-state index in [1.807, 2.05) is 0 Å². The minimum Gasteiger partial charge on any atom is -0.379 e. The molecule has 1 aromatic carbocycles. The predicted octanol–water partition coefficient (Wildman–Crippen LogP) is 2.89. The highest BCUT2D eigenvalue weighted by Crippen LogP contribution is 2.17. The van der Waals surface area contributed by atoms with Crippen molar-refractivity contribution in [2.24, 2.45) is 0 Å². The molecule has 1 aliphatic heterocycles. The molecular formula is C21H28F2N4O2. The molecule has 2 heterocycles. The highest BCUT2D eigenvalue weighted by molar-refractivity contribution is 5.46. The van der Waals surface area contributed by atoms with E-state index < -0.39 is 17.2 Å². The molecule has 29 heavy (non-hydrogen) atoms. The van der Waals surface area contributed by atoms with Crippen LogP contribution in [-0.4, -0.2) is 48.7 Å². The summed E-state index contributed by atoms with van der Waals surface area (Å²) < 4.78 is 33.8. The number of rotatable bonds is 9. The minimum absolute atomic E-state index is 0.0614. The van der Waals surface area contributed by atoms with Crippen molar-refractivity contribution in [3.8, 4) is 5.69 Å². The first-order valence-corrected chi connectivity index (χ1v) is 10.2. The molecule has 2 aromatic rings. The molecule has 0 amide bonds. The number of benzene rings is 1. The first-order valence-electron chi connectivity index (χ1n) is 10.2. The Bertz CT molecular complexity index is 839. The van der Waals surface area contributed by atoms with Crippen LogP contribution in [0.4, 0.5) is 14.5 Å². The number of unbranched alkanes of at least 4 members (excludes halogenated alkanes) is 3. The van der Waals surface area contributed by atoms with E-state index in [1.165, 1.54) is 25.3 Å². The SMILES string of the molecule is CCCCCCOCC1CNCCN1c1cnn(-c2cc(F)cc(F)c2)c(=O)c1. The van der Waals surface area contributed by atoms with Crippen LogP contribution in [0, 0.1) is 11.6 Å². The second-order valence-electron chi connectivity index (χ2n) is 7.28. The van der Waals surface area contributed by atoms with E-state index in [2.05, 4.69) is 22.2 Å². The smallest absolute Gasteiger partial charge is 0.273 e. The third-order valence-electron chi connectivity index (χ3n) is 5.01. The van der Waals surface area contributed by atoms with Gasteiger partial charge >= 0.3 is 0 Å². The van der Waals surface area contributed by atoms with Gasteiger partial charge in [-0.15, -0.1) is 0 Å². The number of ether oxygens (including phenoxy) is 1. The first kappa shape index (κ1) is 21.4. The number of nitrogens with one attached hydrogen (secondary N) is 1. The molecule has 1 saturated heterocycles. The number of nitrogens with zero attached hydrogens (tertiary/aromatic N) is 3. The van der Waals surface area contributed by atoms with Crippen molar-refractivity contribution in [1.29, 1.82) is 0 Å². The molecule has 1 atom stereocenters. The lowest BCUT2D eigenvalue weighted by atomic mass is 10.2. The third-order valence-corrected chi connectivity index (χ3v) is 5.01. The Morgan fingerprint density at radius 3 is 2.66 bits per heavy atom. The van der Waals surface area contributed by atoms with E-state index in [-0.39, 0.29) is 11.7 Å². The molecule has 1 N–H and O–H groups in total. The van der Waals surface area contributed by atoms with Crippen LogP contribution in [0.25, 0.3) is 5.69 Å². The van der Waals surface area contributed by atoms with Gasteiger partial charge in [-0.1, -0.05) is 26.2 Å². The third kappa shape index (κ3) is 5.83. The monoisotopic (exact) mass is 406 g/mol. The molecule has 0 radical (unpaired) electrons. The molecule has 3 rings (SSSR count). The van der Waals surface area contributed by atoms with Crippen LogP contribution >= 0.6 is 0 Å². The zero-order valence-electron chi connectivity index (χ0n) is 16.7. The highest BCUT2D eigenvalue weighted by Gasteiger charge is 2.23. The molecule has 1 fully saturated rings. The maximum atomic E-state index is 13.5. The second kappa shape index (κ2) is 10.5. The molecule has 0 aliphatic carbocycles. The van der Waals surface area contributed by atoms with Crippen LogP contribution in [-0.2, 0) is 4.74 Å². The summed E-state index contributed by atoms with van der Waals surface area (Å²) in [6, 6.07) is 4.47. The van der Waals surface area contributed by atoms with Crippen LogP contribution in [0.1, 0.15) is 32.6 Å². The Morgan fingerprint density at radius 1 is 1.14 bits per heavy atom. The van der Waals surface area contributed by atoms with Gasteiger partial charge < -0.3 is 15.0 Å². The van der Waals surface area contributed by atoms with E-state index in [1.54, 1.807) is 6.20 Å². The molecule has 158 valence electrons. The van der Waals surface area contributed by atoms with Crippen molar-refractivity contribution in [2.75, 3.05) is 37.7 Å². The van der Waals surface area contributed by atoms with E-state index in [0.717, 1.165) is 55.5 Å². The Morgan fingerprint density at radius 2 is 1.93 bits per heavy atom. The lowest BCUT2D eigenvalue weighted by Crippen LogP contribution is -2.53. The fourth-order valence-electron chi connectivity index (χ4n) is 3.51. The first-order chi connectivity index (χ1) is 14.1. The molecule has 1 unspecified atom stereocenters. The summed E-state index contributed by atoms with van der Waals surface area (Å²) in [5.74, 6) is -1.51. The van der Waals surface area contributed by atoms with Gasteiger partial charge in [0.05, 0.1) is 30.2 Å². The Balaban J connectivity index is 1.69. The summed E-state index contributed by atoms with van der Waals surface area (Å²) in [7, 11) is 0. The van der Waals surface area contributed by atoms with Crippen molar-refractivity contribution in [3.05, 3.63) is 52.5 Å². The van der Waals surface area contributed by atoms with Gasteiger partial charge in [-0.05, 0) is 18.6 Å². The standard InChI is InChI=1S/C21H28F2N4O2/c1-2-3-4-5-8-29-15-20-13-24-6-7-26(20)19-12-21(28)27(25-14-19)18-10-16(22)9-17(23)11-18/h9-12,14,20,24H,2-8,13,15H2,1H3. The summed E-state index contributed by atoms with van der Waals surface area (Å²) >= 11 is 0. The van der Waals surface area contributed by atoms with Crippen molar-refractivity contribution in [1.82, 2.24) is 15.1 Å². The molecule has 0 spiro atoms. The van der Waals surface area contributed by atoms with Gasteiger partial charge in [0.15, 0.2) is 0 Å². The van der Waals surface area contributed by atoms with Crippen LogP contribution < -0.4 is 15.8 Å². The van der Waals surface area contributed by atoms with Gasteiger partial charge in [-0.25, -0.2) is 8.78 Å². The number of piperazine rings is 1. The lowest BCUT2D eigenvalue weighted by Gasteiger charge is -2.37. The van der Waals surface area contributed by atoms with Crippen molar-refractivity contribution < 1.29 is 13.5 Å². The molecule has 0 bridgehead atoms. The normalized spacial score (nSPS) is 16.9. The zero-order valence-corrected chi connectivity index (χ0v) is 16.7. The van der Waals surface area contributed by atoms with Crippen LogP contribution in [0.2, 0.25) is 0 Å². The van der Waals surface area contributed by atoms with Crippen molar-refractivity contribution >= 4 is 5.69 Å². The van der Waals surface area contributed by atoms with Crippen molar-refractivity contribution in [2.45, 2.75) is 38.6 Å². The average Bonchev–Trinajstić information content (AvgIpc) is 2.70. The van der Waals surface area contributed by atoms with E-state index in [4.69, 9.17) is 4.74 Å². The summed E-state index contributed by atoms with van der Waals surface area (Å²) in [5.41, 5.74) is 0.306.